The molecule has 0 aliphatic carbocycles. The van der Waals surface area contributed by atoms with E-state index in [9.17, 15) is 19.7 Å². The highest BCUT2D eigenvalue weighted by atomic mass is 35.5. The molecule has 0 spiro atoms. The van der Waals surface area contributed by atoms with Crippen molar-refractivity contribution >= 4 is 120 Å². The zero-order valence-corrected chi connectivity index (χ0v) is 45.9. The summed E-state index contributed by atoms with van der Waals surface area (Å²) >= 11 is 25.1. The van der Waals surface area contributed by atoms with Gasteiger partial charge >= 0.3 is 12.1 Å². The maximum atomic E-state index is 13.9. The van der Waals surface area contributed by atoms with Gasteiger partial charge in [0.1, 0.15) is 0 Å². The number of nitrogens with two attached hydrogens (primary N) is 1. The number of aryl methyl sites for hydroxylation is 2. The van der Waals surface area contributed by atoms with Gasteiger partial charge in [0.25, 0.3) is 5.69 Å². The zero-order chi connectivity index (χ0) is 49.8. The summed E-state index contributed by atoms with van der Waals surface area (Å²) < 4.78 is 0. The third-order valence-corrected chi connectivity index (χ3v) is 13.4. The van der Waals surface area contributed by atoms with Crippen LogP contribution in [0.3, 0.4) is 0 Å². The fourth-order valence-corrected chi connectivity index (χ4v) is 9.24. The third-order valence-electron chi connectivity index (χ3n) is 12.2. The first kappa shape index (κ1) is 59.2. The number of amides is 4. The first-order valence-corrected chi connectivity index (χ1v) is 24.5. The Balaban J connectivity index is 0.000000361. The number of nitrogen functional groups attached to an aromatic ring is 1. The van der Waals surface area contributed by atoms with Gasteiger partial charge in [0.15, 0.2) is 0 Å². The molecule has 0 radical (unpaired) electrons. The average Bonchev–Trinajstić information content (AvgIpc) is 3.32. The normalized spacial score (nSPS) is 11.4. The Labute approximate surface area is 447 Å². The predicted octanol–water partition coefficient (Wildman–Crippen LogP) is 16.7. The van der Waals surface area contributed by atoms with E-state index in [1.54, 1.807) is 28.0 Å². The molecule has 4 amide bonds. The molecule has 374 valence electrons. The van der Waals surface area contributed by atoms with E-state index in [2.05, 4.69) is 36.6 Å². The fraction of sp³-hybridized carbons (Fsp3) is 0.296. The number of nitrogens with zero attached hydrogens (tertiary/aromatic N) is 3. The molecule has 0 heterocycles. The van der Waals surface area contributed by atoms with Crippen molar-refractivity contribution in [2.24, 2.45) is 0 Å². The molecule has 6 aromatic carbocycles. The van der Waals surface area contributed by atoms with Crippen molar-refractivity contribution in [3.05, 3.63) is 184 Å². The maximum absolute atomic E-state index is 13.9. The van der Waals surface area contributed by atoms with Crippen molar-refractivity contribution in [1.29, 1.82) is 0 Å². The number of hydrogen-bond acceptors (Lipinski definition) is 5. The van der Waals surface area contributed by atoms with Gasteiger partial charge in [-0.15, -0.1) is 0 Å². The predicted molar refractivity (Wildman–Crippen MR) is 307 cm³/mol. The van der Waals surface area contributed by atoms with Gasteiger partial charge in [-0.2, -0.15) is 27.0 Å². The SMILES string of the molecule is CCc1ccc(N(C(=O)Nc2c(CC)c(Cl)cc([N+](=O)[O-])c2CC)[C@@H](C)c2ccc(Cl)cc2)cc1.CCc1ccc(N(C(=O)Nc2c(CC)c(N)cc(Cl)c2CC)[C@@H](C)c2ccc(Cl)cc2)cc1.S.S. The molecule has 0 aliphatic rings. The Morgan fingerprint density at radius 2 is 0.886 bits per heavy atom. The Hall–Kier alpha value is -5.08. The quantitative estimate of drug-likeness (QED) is 0.0535. The van der Waals surface area contributed by atoms with E-state index in [1.807, 2.05) is 114 Å². The number of carbonyl (C=O) groups is 2. The standard InChI is InChI=1S/C27H29Cl2N3O3.C27H31Cl2N3O.2H2S/c1-5-18-8-14-21(15-9-18)31(17(4)19-10-12-20(28)13-11-19)27(33)30-26-22(6-2)24(29)16-25(32(34)35)23(26)7-3;1-5-18-8-14-21(15-9-18)32(17(4)19-10-12-20(28)13-11-19)27(33)31-26-22(6-2)24(29)16-25(30)23(26)7-3;;/h8-17H,5-7H2,1-4H3,(H,30,33);8-17H,5-7,30H2,1-4H3,(H,31,33);2*1H2/t2*17-;;/m00../s1. The van der Waals surface area contributed by atoms with E-state index in [4.69, 9.17) is 52.1 Å². The van der Waals surface area contributed by atoms with Gasteiger partial charge in [0, 0.05) is 38.2 Å². The molecule has 70 heavy (non-hydrogen) atoms. The largest absolute Gasteiger partial charge is 0.398 e. The molecule has 0 aliphatic heterocycles. The number of benzene rings is 6. The first-order chi connectivity index (χ1) is 32.5. The van der Waals surface area contributed by atoms with E-state index < -0.39 is 11.0 Å². The second-order valence-corrected chi connectivity index (χ2v) is 17.9. The molecular weight excluding hydrogens is 1000 g/mol. The van der Waals surface area contributed by atoms with Crippen LogP contribution in [0.2, 0.25) is 20.1 Å². The van der Waals surface area contributed by atoms with Crippen molar-refractivity contribution in [3.8, 4) is 0 Å². The molecule has 0 fully saturated rings. The number of rotatable bonds is 15. The number of nitrogens with one attached hydrogen (secondary N) is 2. The summed E-state index contributed by atoms with van der Waals surface area (Å²) in [5.41, 5.74) is 16.5. The summed E-state index contributed by atoms with van der Waals surface area (Å²) in [6, 6.07) is 32.7. The lowest BCUT2D eigenvalue weighted by atomic mass is 10.0. The lowest BCUT2D eigenvalue weighted by molar-refractivity contribution is -0.385. The van der Waals surface area contributed by atoms with Gasteiger partial charge in [0.05, 0.1) is 39.0 Å². The Morgan fingerprint density at radius 3 is 1.21 bits per heavy atom. The molecule has 0 bridgehead atoms. The molecule has 0 saturated carbocycles. The monoisotopic (exact) mass is 1060 g/mol. The minimum atomic E-state index is -0.461. The summed E-state index contributed by atoms with van der Waals surface area (Å²) in [6.07, 6.45) is 4.06. The number of anilines is 5. The molecular formula is C54H64Cl4N6O4S2. The average molecular weight is 1070 g/mol. The molecule has 10 nitrogen and oxygen atoms in total. The van der Waals surface area contributed by atoms with Crippen molar-refractivity contribution in [3.63, 3.8) is 0 Å². The van der Waals surface area contributed by atoms with Crippen molar-refractivity contribution in [2.75, 3.05) is 26.2 Å². The van der Waals surface area contributed by atoms with Gasteiger partial charge in [-0.1, -0.05) is 136 Å². The summed E-state index contributed by atoms with van der Waals surface area (Å²) in [5, 5.41) is 19.9. The van der Waals surface area contributed by atoms with Crippen LogP contribution in [-0.2, 0) is 38.5 Å². The van der Waals surface area contributed by atoms with E-state index in [0.717, 1.165) is 46.3 Å². The highest BCUT2D eigenvalue weighted by Crippen LogP contribution is 2.39. The highest BCUT2D eigenvalue weighted by molar-refractivity contribution is 7.59. The molecule has 6 aromatic rings. The Morgan fingerprint density at radius 1 is 0.543 bits per heavy atom. The molecule has 4 N–H and O–H groups in total. The lowest BCUT2D eigenvalue weighted by Gasteiger charge is -2.31. The summed E-state index contributed by atoms with van der Waals surface area (Å²) in [7, 11) is 0. The topological polar surface area (TPSA) is 134 Å². The molecule has 2 atom stereocenters. The van der Waals surface area contributed by atoms with Crippen LogP contribution in [0.4, 0.5) is 43.7 Å². The van der Waals surface area contributed by atoms with Crippen LogP contribution in [0.5, 0.6) is 0 Å². The van der Waals surface area contributed by atoms with Gasteiger partial charge < -0.3 is 16.4 Å². The van der Waals surface area contributed by atoms with Crippen LogP contribution in [0.1, 0.15) is 112 Å². The van der Waals surface area contributed by atoms with Crippen LogP contribution in [0.25, 0.3) is 0 Å². The number of carbonyl (C=O) groups excluding carboxylic acids is 2. The minimum absolute atomic E-state index is 0. The molecule has 0 unspecified atom stereocenters. The molecule has 0 saturated heterocycles. The summed E-state index contributed by atoms with van der Waals surface area (Å²) in [4.78, 5) is 42.3. The van der Waals surface area contributed by atoms with Gasteiger partial charge in [-0.05, 0) is 146 Å². The second-order valence-electron chi connectivity index (χ2n) is 16.3. The maximum Gasteiger partial charge on any atom is 0.326 e. The van der Waals surface area contributed by atoms with Gasteiger partial charge in [-0.3, -0.25) is 19.9 Å². The minimum Gasteiger partial charge on any atom is -0.398 e. The number of halogens is 4. The van der Waals surface area contributed by atoms with Crippen LogP contribution in [0, 0.1) is 10.1 Å². The number of nitro benzene ring substituents is 1. The summed E-state index contributed by atoms with van der Waals surface area (Å²) in [5.74, 6) is 0. The number of hydrogen-bond donors (Lipinski definition) is 3. The first-order valence-electron chi connectivity index (χ1n) is 23.0. The molecule has 16 heteroatoms. The number of nitro groups is 1. The Bertz CT molecular complexity index is 2680. The zero-order valence-electron chi connectivity index (χ0n) is 40.9. The van der Waals surface area contributed by atoms with Gasteiger partial charge in [-0.25, -0.2) is 9.59 Å². The van der Waals surface area contributed by atoms with Crippen molar-refractivity contribution < 1.29 is 14.5 Å². The molecule has 0 aromatic heterocycles. The van der Waals surface area contributed by atoms with Crippen LogP contribution in [-0.4, -0.2) is 17.0 Å². The lowest BCUT2D eigenvalue weighted by Crippen LogP contribution is -2.37. The summed E-state index contributed by atoms with van der Waals surface area (Å²) in [6.45, 7) is 15.9. The number of urea groups is 2. The van der Waals surface area contributed by atoms with Crippen molar-refractivity contribution in [1.82, 2.24) is 0 Å². The third kappa shape index (κ3) is 14.1. The Kier molecular flexibility index (Phi) is 23.3. The van der Waals surface area contributed by atoms with E-state index in [1.165, 1.54) is 11.6 Å². The van der Waals surface area contributed by atoms with Crippen molar-refractivity contribution in [2.45, 2.75) is 106 Å². The van der Waals surface area contributed by atoms with Gasteiger partial charge in [0.2, 0.25) is 0 Å². The van der Waals surface area contributed by atoms with E-state index in [0.29, 0.717) is 74.6 Å². The van der Waals surface area contributed by atoms with Crippen LogP contribution < -0.4 is 26.2 Å². The van der Waals surface area contributed by atoms with Crippen LogP contribution >= 0.6 is 73.4 Å². The molecule has 6 rings (SSSR count). The second kappa shape index (κ2) is 27.5. The fourth-order valence-electron chi connectivity index (χ4n) is 8.31. The van der Waals surface area contributed by atoms with E-state index >= 15 is 0 Å². The van der Waals surface area contributed by atoms with Crippen LogP contribution in [0.15, 0.2) is 109 Å². The smallest absolute Gasteiger partial charge is 0.326 e. The van der Waals surface area contributed by atoms with E-state index in [-0.39, 0.29) is 55.8 Å². The highest BCUT2D eigenvalue weighted by Gasteiger charge is 2.29.